The molecule has 14 heavy (non-hydrogen) atoms. The predicted molar refractivity (Wildman–Crippen MR) is 50.1 cm³/mol. The van der Waals surface area contributed by atoms with Crippen molar-refractivity contribution in [3.63, 3.8) is 0 Å². The Bertz CT molecular complexity index is 428. The average Bonchev–Trinajstić information content (AvgIpc) is 2.11. The quantitative estimate of drug-likeness (QED) is 0.605. The predicted octanol–water partition coefficient (Wildman–Crippen LogP) is 2.56. The maximum atomic E-state index is 13.1. The van der Waals surface area contributed by atoms with Gasteiger partial charge in [-0.3, -0.25) is 10.1 Å². The summed E-state index contributed by atoms with van der Waals surface area (Å²) in [6.07, 6.45) is -0.0506. The molecule has 0 bridgehead atoms. The van der Waals surface area contributed by atoms with Gasteiger partial charge in [-0.2, -0.15) is 5.26 Å². The van der Waals surface area contributed by atoms with E-state index < -0.39 is 10.7 Å². The molecule has 6 heteroatoms. The fourth-order valence-corrected chi connectivity index (χ4v) is 1.33. The minimum Gasteiger partial charge on any atom is -0.258 e. The number of hydrogen-bond acceptors (Lipinski definition) is 3. The van der Waals surface area contributed by atoms with E-state index in [1.54, 1.807) is 6.07 Å². The van der Waals surface area contributed by atoms with Crippen molar-refractivity contribution in [2.45, 2.75) is 6.42 Å². The van der Waals surface area contributed by atoms with Gasteiger partial charge >= 0.3 is 0 Å². The van der Waals surface area contributed by atoms with Crippen molar-refractivity contribution in [2.75, 3.05) is 0 Å². The van der Waals surface area contributed by atoms with Crippen molar-refractivity contribution in [3.05, 3.63) is 38.1 Å². The molecule has 72 valence electrons. The topological polar surface area (TPSA) is 66.9 Å². The van der Waals surface area contributed by atoms with Crippen LogP contribution in [0.25, 0.3) is 0 Å². The van der Waals surface area contributed by atoms with E-state index in [4.69, 9.17) is 5.26 Å². The second-order valence-electron chi connectivity index (χ2n) is 2.50. The van der Waals surface area contributed by atoms with Gasteiger partial charge in [0.15, 0.2) is 0 Å². The summed E-state index contributed by atoms with van der Waals surface area (Å²) in [4.78, 5) is 9.76. The maximum Gasteiger partial charge on any atom is 0.286 e. The Balaban J connectivity index is 3.29. The number of nitro groups is 1. The molecule has 4 nitrogen and oxygen atoms in total. The van der Waals surface area contributed by atoms with Gasteiger partial charge in [-0.1, -0.05) is 0 Å². The van der Waals surface area contributed by atoms with Crippen LogP contribution in [0.3, 0.4) is 0 Å². The van der Waals surface area contributed by atoms with E-state index in [-0.39, 0.29) is 16.6 Å². The molecule has 0 amide bonds. The Morgan fingerprint density at radius 1 is 1.64 bits per heavy atom. The normalized spacial score (nSPS) is 9.50. The summed E-state index contributed by atoms with van der Waals surface area (Å²) in [5.74, 6) is -0.732. The molecule has 1 aromatic rings. The summed E-state index contributed by atoms with van der Waals surface area (Å²) in [6.45, 7) is 0. The number of nitriles is 1. The number of nitro benzene ring substituents is 1. The van der Waals surface area contributed by atoms with Crippen molar-refractivity contribution in [3.8, 4) is 6.07 Å². The van der Waals surface area contributed by atoms with Gasteiger partial charge in [-0.15, -0.1) is 0 Å². The average molecular weight is 259 g/mol. The molecule has 0 spiro atoms. The van der Waals surface area contributed by atoms with Gasteiger partial charge in [0, 0.05) is 6.07 Å². The van der Waals surface area contributed by atoms with Crippen molar-refractivity contribution in [2.24, 2.45) is 0 Å². The SMILES string of the molecule is N#CCc1cc(F)c(Br)c([N+](=O)[O-])c1. The third-order valence-electron chi connectivity index (χ3n) is 1.55. The number of rotatable bonds is 2. The molecule has 0 aliphatic rings. The monoisotopic (exact) mass is 258 g/mol. The molecule has 1 aromatic carbocycles. The van der Waals surface area contributed by atoms with E-state index in [9.17, 15) is 14.5 Å². The van der Waals surface area contributed by atoms with Crippen molar-refractivity contribution in [1.82, 2.24) is 0 Å². The van der Waals surface area contributed by atoms with Crippen LogP contribution in [-0.2, 0) is 6.42 Å². The second kappa shape index (κ2) is 4.15. The highest BCUT2D eigenvalue weighted by atomic mass is 79.9. The van der Waals surface area contributed by atoms with Gasteiger partial charge < -0.3 is 0 Å². The summed E-state index contributed by atoms with van der Waals surface area (Å²) in [7, 11) is 0. The third kappa shape index (κ3) is 2.06. The number of hydrogen-bond donors (Lipinski definition) is 0. The molecule has 0 atom stereocenters. The zero-order valence-corrected chi connectivity index (χ0v) is 8.41. The Morgan fingerprint density at radius 2 is 2.29 bits per heavy atom. The maximum absolute atomic E-state index is 13.1. The first kappa shape index (κ1) is 10.6. The zero-order chi connectivity index (χ0) is 10.7. The van der Waals surface area contributed by atoms with E-state index in [1.165, 1.54) is 6.07 Å². The van der Waals surface area contributed by atoms with E-state index in [0.717, 1.165) is 6.07 Å². The minimum absolute atomic E-state index is 0.0506. The van der Waals surface area contributed by atoms with Gasteiger partial charge in [-0.05, 0) is 27.6 Å². The summed E-state index contributed by atoms with van der Waals surface area (Å²) < 4.78 is 12.9. The molecule has 0 saturated carbocycles. The molecule has 0 heterocycles. The molecule has 1 rings (SSSR count). The summed E-state index contributed by atoms with van der Waals surface area (Å²) in [5.41, 5.74) is -0.0739. The van der Waals surface area contributed by atoms with Crippen LogP contribution in [0, 0.1) is 27.3 Å². The highest BCUT2D eigenvalue weighted by molar-refractivity contribution is 9.10. The largest absolute Gasteiger partial charge is 0.286 e. The second-order valence-corrected chi connectivity index (χ2v) is 3.30. The van der Waals surface area contributed by atoms with Gasteiger partial charge in [0.25, 0.3) is 5.69 Å². The lowest BCUT2D eigenvalue weighted by molar-refractivity contribution is -0.385. The van der Waals surface area contributed by atoms with Gasteiger partial charge in [0.1, 0.15) is 10.3 Å². The van der Waals surface area contributed by atoms with E-state index in [0.29, 0.717) is 5.56 Å². The molecule has 0 aliphatic carbocycles. The van der Waals surface area contributed by atoms with Gasteiger partial charge in [-0.25, -0.2) is 4.39 Å². The van der Waals surface area contributed by atoms with Crippen molar-refractivity contribution in [1.29, 1.82) is 5.26 Å². The van der Waals surface area contributed by atoms with Crippen molar-refractivity contribution >= 4 is 21.6 Å². The van der Waals surface area contributed by atoms with E-state index >= 15 is 0 Å². The Labute approximate surface area is 87.2 Å². The van der Waals surface area contributed by atoms with Crippen LogP contribution in [0.4, 0.5) is 10.1 Å². The molecular formula is C8H4BrFN2O2. The lowest BCUT2D eigenvalue weighted by Crippen LogP contribution is -1.94. The highest BCUT2D eigenvalue weighted by Gasteiger charge is 2.17. The minimum atomic E-state index is -0.732. The first-order valence-corrected chi connectivity index (χ1v) is 4.35. The van der Waals surface area contributed by atoms with Crippen LogP contribution in [0.1, 0.15) is 5.56 Å². The molecule has 0 radical (unpaired) electrons. The van der Waals surface area contributed by atoms with Crippen LogP contribution in [0.15, 0.2) is 16.6 Å². The number of halogens is 2. The van der Waals surface area contributed by atoms with Crippen LogP contribution >= 0.6 is 15.9 Å². The van der Waals surface area contributed by atoms with Gasteiger partial charge in [0.05, 0.1) is 17.4 Å². The number of benzene rings is 1. The van der Waals surface area contributed by atoms with Crippen LogP contribution in [0.5, 0.6) is 0 Å². The lowest BCUT2D eigenvalue weighted by Gasteiger charge is -1.99. The first-order valence-electron chi connectivity index (χ1n) is 3.55. The fraction of sp³-hybridized carbons (Fsp3) is 0.125. The molecule has 0 unspecified atom stereocenters. The van der Waals surface area contributed by atoms with Crippen LogP contribution < -0.4 is 0 Å². The van der Waals surface area contributed by atoms with Crippen LogP contribution in [-0.4, -0.2) is 4.92 Å². The summed E-state index contributed by atoms with van der Waals surface area (Å²) in [5, 5.41) is 18.8. The van der Waals surface area contributed by atoms with Crippen molar-refractivity contribution < 1.29 is 9.31 Å². The molecule has 0 aromatic heterocycles. The summed E-state index contributed by atoms with van der Waals surface area (Å²) in [6, 6.07) is 4.07. The Morgan fingerprint density at radius 3 is 2.79 bits per heavy atom. The van der Waals surface area contributed by atoms with E-state index in [2.05, 4.69) is 15.9 Å². The van der Waals surface area contributed by atoms with E-state index in [1.807, 2.05) is 0 Å². The summed E-state index contributed by atoms with van der Waals surface area (Å²) >= 11 is 2.77. The molecule has 0 fully saturated rings. The van der Waals surface area contributed by atoms with Crippen LogP contribution in [0.2, 0.25) is 0 Å². The number of nitrogens with zero attached hydrogens (tertiary/aromatic N) is 2. The fourth-order valence-electron chi connectivity index (χ4n) is 0.955. The molecular weight excluding hydrogens is 255 g/mol. The third-order valence-corrected chi connectivity index (χ3v) is 2.33. The Hall–Kier alpha value is -1.48. The first-order chi connectivity index (χ1) is 6.56. The standard InChI is InChI=1S/C8H4BrFN2O2/c9-8-6(10)3-5(1-2-11)4-7(8)12(13)14/h3-4H,1H2. The molecule has 0 N–H and O–H groups in total. The Kier molecular flexibility index (Phi) is 3.14. The smallest absolute Gasteiger partial charge is 0.258 e. The lowest BCUT2D eigenvalue weighted by atomic mass is 10.1. The molecule has 0 aliphatic heterocycles. The zero-order valence-electron chi connectivity index (χ0n) is 6.83. The highest BCUT2D eigenvalue weighted by Crippen LogP contribution is 2.29. The van der Waals surface area contributed by atoms with Gasteiger partial charge in [0.2, 0.25) is 0 Å². The molecule has 0 saturated heterocycles.